The lowest BCUT2D eigenvalue weighted by Gasteiger charge is -2.34. The number of hydrogen-bond acceptors (Lipinski definition) is 3. The third-order valence-corrected chi connectivity index (χ3v) is 4.34. The van der Waals surface area contributed by atoms with Crippen molar-refractivity contribution in [2.24, 2.45) is 0 Å². The van der Waals surface area contributed by atoms with Crippen LogP contribution < -0.4 is 5.32 Å². The fraction of sp³-hybridized carbons (Fsp3) is 0.350. The first-order chi connectivity index (χ1) is 12.2. The van der Waals surface area contributed by atoms with Gasteiger partial charge in [-0.2, -0.15) is 0 Å². The van der Waals surface area contributed by atoms with Crippen LogP contribution in [0.4, 0.5) is 4.79 Å². The van der Waals surface area contributed by atoms with Crippen LogP contribution in [-0.2, 0) is 6.54 Å². The van der Waals surface area contributed by atoms with Crippen LogP contribution in [0.5, 0.6) is 0 Å². The Morgan fingerprint density at radius 3 is 2.56 bits per heavy atom. The topological polar surface area (TPSA) is 48.7 Å². The zero-order chi connectivity index (χ0) is 17.5. The van der Waals surface area contributed by atoms with Gasteiger partial charge in [-0.3, -0.25) is 4.90 Å². The van der Waals surface area contributed by atoms with Gasteiger partial charge in [-0.05, 0) is 24.6 Å². The minimum atomic E-state index is -0.0199. The molecule has 0 spiro atoms. The molecule has 0 radical (unpaired) electrons. The average molecular weight is 339 g/mol. The van der Waals surface area contributed by atoms with Crippen molar-refractivity contribution < 1.29 is 9.21 Å². The molecule has 5 heteroatoms. The first-order valence-corrected chi connectivity index (χ1v) is 8.73. The van der Waals surface area contributed by atoms with Gasteiger partial charge < -0.3 is 14.6 Å². The number of carbonyl (C=O) groups excluding carboxylic acids is 1. The minimum Gasteiger partial charge on any atom is -0.465 e. The van der Waals surface area contributed by atoms with E-state index >= 15 is 0 Å². The molecule has 0 atom stereocenters. The lowest BCUT2D eigenvalue weighted by molar-refractivity contribution is 0.146. The Morgan fingerprint density at radius 2 is 1.88 bits per heavy atom. The molecule has 0 unspecified atom stereocenters. The van der Waals surface area contributed by atoms with Gasteiger partial charge in [-0.25, -0.2) is 4.79 Å². The number of nitrogens with one attached hydrogen (secondary N) is 1. The second-order valence-corrected chi connectivity index (χ2v) is 6.27. The summed E-state index contributed by atoms with van der Waals surface area (Å²) >= 11 is 0. The normalized spacial score (nSPS) is 15.6. The van der Waals surface area contributed by atoms with Gasteiger partial charge in [0, 0.05) is 32.7 Å². The molecule has 2 heterocycles. The number of hydrogen-bond donors (Lipinski definition) is 1. The molecule has 132 valence electrons. The molecule has 0 saturated carbocycles. The van der Waals surface area contributed by atoms with Crippen LogP contribution in [0.15, 0.2) is 53.0 Å². The molecule has 1 aromatic carbocycles. The molecule has 2 aromatic rings. The summed E-state index contributed by atoms with van der Waals surface area (Å²) in [5.41, 5.74) is 1.22. The predicted octanol–water partition coefficient (Wildman–Crippen LogP) is 3.13. The smallest absolute Gasteiger partial charge is 0.317 e. The van der Waals surface area contributed by atoms with Crippen LogP contribution in [0, 0.1) is 6.92 Å². The molecular weight excluding hydrogens is 314 g/mol. The number of aryl methyl sites for hydroxylation is 1. The van der Waals surface area contributed by atoms with E-state index in [1.807, 2.05) is 42.2 Å². The predicted molar refractivity (Wildman–Crippen MR) is 99.2 cm³/mol. The van der Waals surface area contributed by atoms with Gasteiger partial charge >= 0.3 is 6.03 Å². The molecule has 1 aliphatic rings. The van der Waals surface area contributed by atoms with E-state index in [9.17, 15) is 4.79 Å². The molecule has 1 N–H and O–H groups in total. The molecule has 2 amide bonds. The number of piperazine rings is 1. The summed E-state index contributed by atoms with van der Waals surface area (Å²) < 4.78 is 5.47. The van der Waals surface area contributed by atoms with Crippen molar-refractivity contribution in [1.29, 1.82) is 0 Å². The summed E-state index contributed by atoms with van der Waals surface area (Å²) in [6.45, 7) is 6.54. The molecule has 5 nitrogen and oxygen atoms in total. The second-order valence-electron chi connectivity index (χ2n) is 6.27. The quantitative estimate of drug-likeness (QED) is 0.910. The Kier molecular flexibility index (Phi) is 5.90. The molecule has 1 aliphatic heterocycles. The molecular formula is C20H25N3O2. The minimum absolute atomic E-state index is 0.0199. The maximum Gasteiger partial charge on any atom is 0.317 e. The fourth-order valence-corrected chi connectivity index (χ4v) is 2.89. The Balaban J connectivity index is 1.37. The summed E-state index contributed by atoms with van der Waals surface area (Å²) in [6.07, 6.45) is 4.33. The Bertz CT molecular complexity index is 701. The third kappa shape index (κ3) is 5.22. The third-order valence-electron chi connectivity index (χ3n) is 4.34. The molecule has 25 heavy (non-hydrogen) atoms. The van der Waals surface area contributed by atoms with Gasteiger partial charge in [0.2, 0.25) is 0 Å². The molecule has 1 aromatic heterocycles. The maximum absolute atomic E-state index is 12.2. The number of amides is 2. The summed E-state index contributed by atoms with van der Waals surface area (Å²) in [7, 11) is 0. The molecule has 0 aliphatic carbocycles. The van der Waals surface area contributed by atoms with Gasteiger partial charge in [0.1, 0.15) is 11.5 Å². The van der Waals surface area contributed by atoms with E-state index < -0.39 is 0 Å². The van der Waals surface area contributed by atoms with Gasteiger partial charge in [0.05, 0.1) is 6.54 Å². The molecule has 3 rings (SSSR count). The van der Waals surface area contributed by atoms with Crippen LogP contribution >= 0.6 is 0 Å². The number of nitrogens with zero attached hydrogens (tertiary/aromatic N) is 2. The van der Waals surface area contributed by atoms with E-state index in [2.05, 4.69) is 34.5 Å². The highest BCUT2D eigenvalue weighted by Crippen LogP contribution is 2.07. The highest BCUT2D eigenvalue weighted by molar-refractivity contribution is 5.74. The summed E-state index contributed by atoms with van der Waals surface area (Å²) in [4.78, 5) is 16.5. The lowest BCUT2D eigenvalue weighted by Crippen LogP contribution is -2.51. The zero-order valence-corrected chi connectivity index (χ0v) is 14.6. The number of carbonyl (C=O) groups is 1. The van der Waals surface area contributed by atoms with Crippen LogP contribution in [0.3, 0.4) is 0 Å². The summed E-state index contributed by atoms with van der Waals surface area (Å²) in [5, 5.41) is 2.92. The van der Waals surface area contributed by atoms with E-state index in [-0.39, 0.29) is 6.03 Å². The molecule has 0 bridgehead atoms. The largest absolute Gasteiger partial charge is 0.465 e. The number of furan rings is 1. The molecule has 1 saturated heterocycles. The van der Waals surface area contributed by atoms with Gasteiger partial charge in [-0.1, -0.05) is 42.5 Å². The SMILES string of the molecule is Cc1ccc(CNC(=O)N2CCN(CC=Cc3ccccc3)CC2)o1. The van der Waals surface area contributed by atoms with Crippen LogP contribution in [0.25, 0.3) is 6.08 Å². The summed E-state index contributed by atoms with van der Waals surface area (Å²) in [5.74, 6) is 1.65. The van der Waals surface area contributed by atoms with Crippen molar-refractivity contribution in [2.45, 2.75) is 13.5 Å². The Morgan fingerprint density at radius 1 is 1.12 bits per heavy atom. The second kappa shape index (κ2) is 8.53. The van der Waals surface area contributed by atoms with Crippen molar-refractivity contribution in [3.63, 3.8) is 0 Å². The van der Waals surface area contributed by atoms with Crippen molar-refractivity contribution >= 4 is 12.1 Å². The van der Waals surface area contributed by atoms with E-state index in [1.165, 1.54) is 5.56 Å². The van der Waals surface area contributed by atoms with Gasteiger partial charge in [0.25, 0.3) is 0 Å². The highest BCUT2D eigenvalue weighted by atomic mass is 16.3. The van der Waals surface area contributed by atoms with Crippen LogP contribution in [0.2, 0.25) is 0 Å². The average Bonchev–Trinajstić information content (AvgIpc) is 3.06. The molecule has 1 fully saturated rings. The zero-order valence-electron chi connectivity index (χ0n) is 14.6. The monoisotopic (exact) mass is 339 g/mol. The van der Waals surface area contributed by atoms with Crippen LogP contribution in [0.1, 0.15) is 17.1 Å². The lowest BCUT2D eigenvalue weighted by atomic mass is 10.2. The van der Waals surface area contributed by atoms with Gasteiger partial charge in [0.15, 0.2) is 0 Å². The van der Waals surface area contributed by atoms with Crippen molar-refractivity contribution in [3.8, 4) is 0 Å². The summed E-state index contributed by atoms with van der Waals surface area (Å²) in [6, 6.07) is 14.1. The van der Waals surface area contributed by atoms with E-state index in [0.29, 0.717) is 6.54 Å². The number of rotatable bonds is 5. The number of benzene rings is 1. The van der Waals surface area contributed by atoms with E-state index in [4.69, 9.17) is 4.42 Å². The number of urea groups is 1. The van der Waals surface area contributed by atoms with Crippen molar-refractivity contribution in [1.82, 2.24) is 15.1 Å². The highest BCUT2D eigenvalue weighted by Gasteiger charge is 2.20. The maximum atomic E-state index is 12.2. The van der Waals surface area contributed by atoms with Crippen molar-refractivity contribution in [3.05, 3.63) is 65.6 Å². The van der Waals surface area contributed by atoms with Crippen LogP contribution in [-0.4, -0.2) is 48.6 Å². The first-order valence-electron chi connectivity index (χ1n) is 8.73. The Hall–Kier alpha value is -2.53. The first kappa shape index (κ1) is 17.3. The van der Waals surface area contributed by atoms with Gasteiger partial charge in [-0.15, -0.1) is 0 Å². The fourth-order valence-electron chi connectivity index (χ4n) is 2.89. The van der Waals surface area contributed by atoms with Crippen molar-refractivity contribution in [2.75, 3.05) is 32.7 Å². The van der Waals surface area contributed by atoms with E-state index in [1.54, 1.807) is 0 Å². The Labute approximate surface area is 148 Å². The van der Waals surface area contributed by atoms with E-state index in [0.717, 1.165) is 44.2 Å². The standard InChI is InChI=1S/C20H25N3O2/c1-17-9-10-19(25-17)16-21-20(24)23-14-12-22(13-15-23)11-5-8-18-6-3-2-4-7-18/h2-10H,11-16H2,1H3,(H,21,24).